The van der Waals surface area contributed by atoms with Gasteiger partial charge in [0.05, 0.1) is 48.8 Å². The number of alkyl halides is 3. The Morgan fingerprint density at radius 2 is 1.95 bits per heavy atom. The van der Waals surface area contributed by atoms with Crippen LogP contribution in [0.5, 0.6) is 11.8 Å². The predicted molar refractivity (Wildman–Crippen MR) is 154 cm³/mol. The van der Waals surface area contributed by atoms with Gasteiger partial charge < -0.3 is 24.6 Å². The Bertz CT molecular complexity index is 1490. The highest BCUT2D eigenvalue weighted by Crippen LogP contribution is 2.45. The van der Waals surface area contributed by atoms with Gasteiger partial charge in [0, 0.05) is 43.9 Å². The van der Waals surface area contributed by atoms with Gasteiger partial charge >= 0.3 is 6.18 Å². The molecule has 12 heteroatoms. The van der Waals surface area contributed by atoms with E-state index in [1.165, 1.54) is 19.2 Å². The minimum atomic E-state index is -4.62. The molecule has 3 aliphatic rings. The van der Waals surface area contributed by atoms with Crippen molar-refractivity contribution in [3.05, 3.63) is 59.5 Å². The summed E-state index contributed by atoms with van der Waals surface area (Å²) in [6, 6.07) is 10.7. The molecule has 0 aromatic carbocycles. The Kier molecular flexibility index (Phi) is 7.89. The van der Waals surface area contributed by atoms with Gasteiger partial charge in [-0.25, -0.2) is 9.97 Å². The molecule has 0 unspecified atom stereocenters. The van der Waals surface area contributed by atoms with Crippen LogP contribution in [0.25, 0.3) is 11.3 Å². The Morgan fingerprint density at radius 1 is 1.14 bits per heavy atom. The Hall–Kier alpha value is -3.93. The minimum Gasteiger partial charge on any atom is -0.481 e. The standard InChI is InChI=1S/C31H35F3N6O3/c1-3-43-28-21(5-4-13-36-28)23-7-6-22-24(37-23)18-40(29(41)20-10-14-35-17-20)19-30(22)11-15-39(16-12-30)25-8-9-26(42-2)38-27(25)31(32,33)34/h4-9,13,20,35H,3,10-12,14-19H2,1-2H3/t20-/m1/s1. The number of fused-ring (bicyclic) bond motifs is 2. The summed E-state index contributed by atoms with van der Waals surface area (Å²) in [6.45, 7) is 5.46. The van der Waals surface area contributed by atoms with Crippen molar-refractivity contribution in [2.75, 3.05) is 51.3 Å². The van der Waals surface area contributed by atoms with Crippen molar-refractivity contribution in [3.8, 4) is 23.0 Å². The Labute approximate surface area is 248 Å². The summed E-state index contributed by atoms with van der Waals surface area (Å²) in [6.07, 6.45) is -1.03. The molecule has 0 aliphatic carbocycles. The Morgan fingerprint density at radius 3 is 2.65 bits per heavy atom. The van der Waals surface area contributed by atoms with Crippen LogP contribution < -0.4 is 19.7 Å². The van der Waals surface area contributed by atoms with Crippen molar-refractivity contribution < 1.29 is 27.4 Å². The van der Waals surface area contributed by atoms with Gasteiger partial charge in [-0.2, -0.15) is 13.2 Å². The van der Waals surface area contributed by atoms with Crippen molar-refractivity contribution >= 4 is 11.6 Å². The zero-order chi connectivity index (χ0) is 30.2. The van der Waals surface area contributed by atoms with Crippen molar-refractivity contribution in [2.45, 2.75) is 44.3 Å². The number of pyridine rings is 3. The van der Waals surface area contributed by atoms with Gasteiger partial charge in [-0.1, -0.05) is 6.07 Å². The van der Waals surface area contributed by atoms with Crippen LogP contribution in [0, 0.1) is 5.92 Å². The molecule has 0 radical (unpaired) electrons. The largest absolute Gasteiger partial charge is 0.481 e. The zero-order valence-electron chi connectivity index (χ0n) is 24.3. The third-order valence-electron chi connectivity index (χ3n) is 8.82. The maximum atomic E-state index is 14.0. The lowest BCUT2D eigenvalue weighted by atomic mass is 9.69. The summed E-state index contributed by atoms with van der Waals surface area (Å²) in [5.41, 5.74) is 1.99. The number of aromatic nitrogens is 3. The van der Waals surface area contributed by atoms with E-state index in [0.717, 1.165) is 29.8 Å². The quantitative estimate of drug-likeness (QED) is 0.446. The van der Waals surface area contributed by atoms with Crippen LogP contribution in [0.15, 0.2) is 42.6 Å². The van der Waals surface area contributed by atoms with Gasteiger partial charge in [0.25, 0.3) is 0 Å². The normalized spacial score (nSPS) is 19.8. The maximum absolute atomic E-state index is 14.0. The van der Waals surface area contributed by atoms with Crippen LogP contribution in [0.2, 0.25) is 0 Å². The highest BCUT2D eigenvalue weighted by molar-refractivity contribution is 5.80. The molecule has 2 fully saturated rings. The second-order valence-electron chi connectivity index (χ2n) is 11.4. The van der Waals surface area contributed by atoms with Crippen molar-refractivity contribution in [1.29, 1.82) is 0 Å². The average molecular weight is 597 g/mol. The fraction of sp³-hybridized carbons (Fsp3) is 0.484. The summed E-state index contributed by atoms with van der Waals surface area (Å²) in [5, 5.41) is 3.28. The third-order valence-corrected chi connectivity index (χ3v) is 8.82. The Balaban J connectivity index is 1.35. The molecule has 6 rings (SSSR count). The lowest BCUT2D eigenvalue weighted by molar-refractivity contribution is -0.141. The fourth-order valence-corrected chi connectivity index (χ4v) is 6.67. The number of carbonyl (C=O) groups excluding carboxylic acids is 1. The number of amides is 1. The van der Waals surface area contributed by atoms with Crippen LogP contribution in [-0.4, -0.2) is 72.2 Å². The number of nitrogens with zero attached hydrogens (tertiary/aromatic N) is 5. The van der Waals surface area contributed by atoms with Gasteiger partial charge in [-0.15, -0.1) is 0 Å². The number of methoxy groups -OCH3 is 1. The molecule has 2 saturated heterocycles. The van der Waals surface area contributed by atoms with E-state index in [-0.39, 0.29) is 23.4 Å². The molecule has 0 bridgehead atoms. The van der Waals surface area contributed by atoms with E-state index in [4.69, 9.17) is 14.5 Å². The van der Waals surface area contributed by atoms with Gasteiger partial charge in [0.15, 0.2) is 5.69 Å². The number of carbonyl (C=O) groups is 1. The van der Waals surface area contributed by atoms with E-state index >= 15 is 0 Å². The van der Waals surface area contributed by atoms with Crippen LogP contribution in [0.3, 0.4) is 0 Å². The molecule has 1 amide bonds. The lowest BCUT2D eigenvalue weighted by Gasteiger charge is -2.49. The number of ether oxygens (including phenoxy) is 2. The second-order valence-corrected chi connectivity index (χ2v) is 11.4. The number of rotatable bonds is 6. The number of hydrogen-bond donors (Lipinski definition) is 1. The molecule has 1 N–H and O–H groups in total. The minimum absolute atomic E-state index is 0.0395. The number of hydrogen-bond acceptors (Lipinski definition) is 8. The van der Waals surface area contributed by atoms with Gasteiger partial charge in [0.1, 0.15) is 0 Å². The molecule has 1 atom stereocenters. The van der Waals surface area contributed by atoms with E-state index in [0.29, 0.717) is 63.7 Å². The summed E-state index contributed by atoms with van der Waals surface area (Å²) in [4.78, 5) is 30.5. The van der Waals surface area contributed by atoms with Crippen molar-refractivity contribution in [3.63, 3.8) is 0 Å². The predicted octanol–water partition coefficient (Wildman–Crippen LogP) is 4.45. The van der Waals surface area contributed by atoms with Crippen molar-refractivity contribution in [1.82, 2.24) is 25.2 Å². The number of nitrogens with one attached hydrogen (secondary N) is 1. The summed E-state index contributed by atoms with van der Waals surface area (Å²) < 4.78 is 52.7. The third kappa shape index (κ3) is 5.60. The van der Waals surface area contributed by atoms with Crippen LogP contribution >= 0.6 is 0 Å². The smallest absolute Gasteiger partial charge is 0.435 e. The van der Waals surface area contributed by atoms with E-state index < -0.39 is 17.3 Å². The number of halogens is 3. The maximum Gasteiger partial charge on any atom is 0.435 e. The van der Waals surface area contributed by atoms with Crippen molar-refractivity contribution in [2.24, 2.45) is 5.92 Å². The first kappa shape index (κ1) is 29.2. The molecule has 9 nitrogen and oxygen atoms in total. The van der Waals surface area contributed by atoms with Gasteiger partial charge in [0.2, 0.25) is 17.7 Å². The highest BCUT2D eigenvalue weighted by Gasteiger charge is 2.46. The second kappa shape index (κ2) is 11.6. The first-order valence-corrected chi connectivity index (χ1v) is 14.7. The molecular weight excluding hydrogens is 561 g/mol. The summed E-state index contributed by atoms with van der Waals surface area (Å²) >= 11 is 0. The zero-order valence-corrected chi connectivity index (χ0v) is 24.3. The van der Waals surface area contributed by atoms with E-state index in [1.54, 1.807) is 11.1 Å². The monoisotopic (exact) mass is 596 g/mol. The highest BCUT2D eigenvalue weighted by atomic mass is 19.4. The molecular formula is C31H35F3N6O3. The van der Waals surface area contributed by atoms with E-state index in [2.05, 4.69) is 21.4 Å². The topological polar surface area (TPSA) is 92.7 Å². The number of piperidine rings is 1. The van der Waals surface area contributed by atoms with Gasteiger partial charge in [-0.05, 0) is 62.6 Å². The fourth-order valence-electron chi connectivity index (χ4n) is 6.67. The summed E-state index contributed by atoms with van der Waals surface area (Å²) in [5.74, 6) is 0.420. The van der Waals surface area contributed by atoms with Crippen LogP contribution in [0.4, 0.5) is 18.9 Å². The van der Waals surface area contributed by atoms with Gasteiger partial charge in [-0.3, -0.25) is 9.78 Å². The SMILES string of the molecule is CCOc1ncccc1-c1ccc2c(n1)CN(C(=O)[C@@H]1CCNC1)CC21CCN(c2ccc(OC)nc2C(F)(F)F)CC1. The van der Waals surface area contributed by atoms with Crippen LogP contribution in [0.1, 0.15) is 43.1 Å². The molecule has 43 heavy (non-hydrogen) atoms. The first-order chi connectivity index (χ1) is 20.7. The molecule has 6 heterocycles. The molecule has 3 aromatic rings. The van der Waals surface area contributed by atoms with E-state index in [9.17, 15) is 18.0 Å². The van der Waals surface area contributed by atoms with E-state index in [1.807, 2.05) is 30.0 Å². The molecule has 228 valence electrons. The van der Waals surface area contributed by atoms with Crippen LogP contribution in [-0.2, 0) is 22.9 Å². The molecule has 3 aliphatic heterocycles. The summed E-state index contributed by atoms with van der Waals surface area (Å²) in [7, 11) is 1.30. The molecule has 3 aromatic heterocycles. The number of anilines is 1. The lowest BCUT2D eigenvalue weighted by Crippen LogP contribution is -2.54. The molecule has 1 spiro atoms. The first-order valence-electron chi connectivity index (χ1n) is 14.7. The molecule has 0 saturated carbocycles. The average Bonchev–Trinajstić information content (AvgIpc) is 3.56.